The lowest BCUT2D eigenvalue weighted by molar-refractivity contribution is 0.589. The lowest BCUT2D eigenvalue weighted by atomic mass is 10.2. The van der Waals surface area contributed by atoms with Crippen molar-refractivity contribution in [2.24, 2.45) is 0 Å². The van der Waals surface area contributed by atoms with Gasteiger partial charge in [-0.1, -0.05) is 34.1 Å². The standard InChI is InChI=1S/C13H24N2O2S2/c1-5-7-11-12(8-14-10(3)4)18-13(15-11)9-19(16,17)6-2/h10,14H,5-9H2,1-4H3. The molecule has 0 fully saturated rings. The summed E-state index contributed by atoms with van der Waals surface area (Å²) in [6.07, 6.45) is 1.94. The molecule has 0 spiro atoms. The van der Waals surface area contributed by atoms with Gasteiger partial charge >= 0.3 is 0 Å². The van der Waals surface area contributed by atoms with Gasteiger partial charge in [-0.25, -0.2) is 13.4 Å². The highest BCUT2D eigenvalue weighted by molar-refractivity contribution is 7.90. The molecule has 0 saturated heterocycles. The highest BCUT2D eigenvalue weighted by Gasteiger charge is 2.16. The summed E-state index contributed by atoms with van der Waals surface area (Å²) in [5.74, 6) is 0.252. The van der Waals surface area contributed by atoms with Gasteiger partial charge in [0.05, 0.1) is 5.69 Å². The van der Waals surface area contributed by atoms with Crippen molar-refractivity contribution >= 4 is 21.2 Å². The summed E-state index contributed by atoms with van der Waals surface area (Å²) < 4.78 is 23.3. The largest absolute Gasteiger partial charge is 0.310 e. The maximum atomic E-state index is 11.7. The van der Waals surface area contributed by atoms with Crippen molar-refractivity contribution in [1.29, 1.82) is 0 Å². The number of nitrogens with one attached hydrogen (secondary N) is 1. The van der Waals surface area contributed by atoms with E-state index < -0.39 is 9.84 Å². The Bertz CT molecular complexity index is 493. The molecule has 6 heteroatoms. The van der Waals surface area contributed by atoms with Crippen molar-refractivity contribution in [3.05, 3.63) is 15.6 Å². The Morgan fingerprint density at radius 1 is 1.32 bits per heavy atom. The van der Waals surface area contributed by atoms with Crippen LogP contribution < -0.4 is 5.32 Å². The first-order valence-corrected chi connectivity index (χ1v) is 9.43. The van der Waals surface area contributed by atoms with Gasteiger partial charge in [0.15, 0.2) is 9.84 Å². The number of thiazole rings is 1. The van der Waals surface area contributed by atoms with Crippen molar-refractivity contribution in [2.45, 2.75) is 58.9 Å². The Hall–Kier alpha value is -0.460. The van der Waals surface area contributed by atoms with Crippen LogP contribution in [0.5, 0.6) is 0 Å². The average molecular weight is 304 g/mol. The molecule has 0 aliphatic carbocycles. The summed E-state index contributed by atoms with van der Waals surface area (Å²) in [5, 5.41) is 4.10. The topological polar surface area (TPSA) is 59.1 Å². The molecule has 0 saturated carbocycles. The Kier molecular flexibility index (Phi) is 6.42. The molecule has 19 heavy (non-hydrogen) atoms. The summed E-state index contributed by atoms with van der Waals surface area (Å²) in [6, 6.07) is 0.416. The molecule has 0 aromatic carbocycles. The summed E-state index contributed by atoms with van der Waals surface area (Å²) >= 11 is 1.53. The van der Waals surface area contributed by atoms with Gasteiger partial charge in [0, 0.05) is 23.2 Å². The molecular weight excluding hydrogens is 280 g/mol. The van der Waals surface area contributed by atoms with Gasteiger partial charge in [-0.2, -0.15) is 0 Å². The van der Waals surface area contributed by atoms with Gasteiger partial charge in [-0.15, -0.1) is 11.3 Å². The van der Waals surface area contributed by atoms with Gasteiger partial charge in [-0.3, -0.25) is 0 Å². The molecule has 1 rings (SSSR count). The molecule has 1 aromatic heterocycles. The summed E-state index contributed by atoms with van der Waals surface area (Å²) in [7, 11) is -2.99. The SMILES string of the molecule is CCCc1nc(CS(=O)(=O)CC)sc1CNC(C)C. The third-order valence-corrected chi connectivity index (χ3v) is 5.64. The van der Waals surface area contributed by atoms with Crippen LogP contribution in [0.2, 0.25) is 0 Å². The fraction of sp³-hybridized carbons (Fsp3) is 0.769. The van der Waals surface area contributed by atoms with E-state index in [2.05, 4.69) is 31.1 Å². The second kappa shape index (κ2) is 7.36. The van der Waals surface area contributed by atoms with E-state index in [0.29, 0.717) is 6.04 Å². The molecule has 0 bridgehead atoms. The van der Waals surface area contributed by atoms with Gasteiger partial charge in [0.1, 0.15) is 10.8 Å². The van der Waals surface area contributed by atoms with Crippen LogP contribution in [0.3, 0.4) is 0 Å². The molecular formula is C13H24N2O2S2. The second-order valence-electron chi connectivity index (χ2n) is 4.94. The quantitative estimate of drug-likeness (QED) is 0.802. The number of nitrogens with zero attached hydrogens (tertiary/aromatic N) is 1. The molecule has 0 aliphatic rings. The van der Waals surface area contributed by atoms with Crippen LogP contribution in [0, 0.1) is 0 Å². The second-order valence-corrected chi connectivity index (χ2v) is 8.46. The molecule has 0 radical (unpaired) electrons. The number of hydrogen-bond acceptors (Lipinski definition) is 5. The molecule has 0 amide bonds. The first-order chi connectivity index (χ1) is 8.88. The molecule has 0 atom stereocenters. The van der Waals surface area contributed by atoms with Crippen molar-refractivity contribution in [3.8, 4) is 0 Å². The zero-order valence-electron chi connectivity index (χ0n) is 12.2. The Morgan fingerprint density at radius 2 is 2.00 bits per heavy atom. The molecule has 1 heterocycles. The fourth-order valence-electron chi connectivity index (χ4n) is 1.66. The minimum atomic E-state index is -2.99. The number of rotatable bonds is 8. The molecule has 0 aliphatic heterocycles. The van der Waals surface area contributed by atoms with Crippen LogP contribution in [0.1, 0.15) is 49.7 Å². The summed E-state index contributed by atoms with van der Waals surface area (Å²) in [4.78, 5) is 5.69. The lowest BCUT2D eigenvalue weighted by Gasteiger charge is -2.07. The van der Waals surface area contributed by atoms with E-state index in [1.807, 2.05) is 0 Å². The predicted octanol–water partition coefficient (Wildman–Crippen LogP) is 2.53. The predicted molar refractivity (Wildman–Crippen MR) is 81.2 cm³/mol. The van der Waals surface area contributed by atoms with Crippen LogP contribution >= 0.6 is 11.3 Å². The normalized spacial score (nSPS) is 12.3. The van der Waals surface area contributed by atoms with Crippen LogP contribution in [-0.2, 0) is 28.6 Å². The summed E-state index contributed by atoms with van der Waals surface area (Å²) in [6.45, 7) is 8.77. The minimum Gasteiger partial charge on any atom is -0.310 e. The molecule has 110 valence electrons. The highest BCUT2D eigenvalue weighted by Crippen LogP contribution is 2.22. The average Bonchev–Trinajstić information content (AvgIpc) is 2.68. The van der Waals surface area contributed by atoms with E-state index in [0.717, 1.165) is 30.1 Å². The molecule has 1 aromatic rings. The monoisotopic (exact) mass is 304 g/mol. The van der Waals surface area contributed by atoms with Crippen LogP contribution in [0.4, 0.5) is 0 Å². The van der Waals surface area contributed by atoms with E-state index in [4.69, 9.17) is 0 Å². The number of hydrogen-bond donors (Lipinski definition) is 1. The Labute approximate surface area is 120 Å². The van der Waals surface area contributed by atoms with E-state index >= 15 is 0 Å². The Balaban J connectivity index is 2.87. The van der Waals surface area contributed by atoms with E-state index in [1.54, 1.807) is 6.92 Å². The summed E-state index contributed by atoms with van der Waals surface area (Å²) in [5.41, 5.74) is 1.06. The van der Waals surface area contributed by atoms with Gasteiger partial charge in [-0.05, 0) is 6.42 Å². The molecule has 4 nitrogen and oxygen atoms in total. The Morgan fingerprint density at radius 3 is 2.53 bits per heavy atom. The molecule has 1 N–H and O–H groups in total. The number of aryl methyl sites for hydroxylation is 1. The number of aromatic nitrogens is 1. The van der Waals surface area contributed by atoms with Crippen LogP contribution in [-0.4, -0.2) is 25.2 Å². The van der Waals surface area contributed by atoms with Crippen LogP contribution in [0.25, 0.3) is 0 Å². The zero-order valence-corrected chi connectivity index (χ0v) is 13.8. The van der Waals surface area contributed by atoms with E-state index in [9.17, 15) is 8.42 Å². The minimum absolute atomic E-state index is 0.0760. The van der Waals surface area contributed by atoms with E-state index in [1.165, 1.54) is 16.2 Å². The van der Waals surface area contributed by atoms with Gasteiger partial charge in [0.25, 0.3) is 0 Å². The highest BCUT2D eigenvalue weighted by atomic mass is 32.2. The van der Waals surface area contributed by atoms with E-state index in [-0.39, 0.29) is 11.5 Å². The van der Waals surface area contributed by atoms with Crippen LogP contribution in [0.15, 0.2) is 0 Å². The zero-order chi connectivity index (χ0) is 14.5. The maximum Gasteiger partial charge on any atom is 0.156 e. The third kappa shape index (κ3) is 5.58. The maximum absolute atomic E-state index is 11.7. The van der Waals surface area contributed by atoms with Crippen molar-refractivity contribution in [3.63, 3.8) is 0 Å². The van der Waals surface area contributed by atoms with Gasteiger partial charge in [0.2, 0.25) is 0 Å². The smallest absolute Gasteiger partial charge is 0.156 e. The molecule has 0 unspecified atom stereocenters. The van der Waals surface area contributed by atoms with Crippen molar-refractivity contribution in [1.82, 2.24) is 10.3 Å². The third-order valence-electron chi connectivity index (χ3n) is 2.76. The van der Waals surface area contributed by atoms with Gasteiger partial charge < -0.3 is 5.32 Å². The number of sulfone groups is 1. The first-order valence-electron chi connectivity index (χ1n) is 6.79. The van der Waals surface area contributed by atoms with Crippen molar-refractivity contribution in [2.75, 3.05) is 5.75 Å². The first kappa shape index (κ1) is 16.6. The van der Waals surface area contributed by atoms with Crippen molar-refractivity contribution < 1.29 is 8.42 Å². The fourth-order valence-corrected chi connectivity index (χ4v) is 3.94. The lowest BCUT2D eigenvalue weighted by Crippen LogP contribution is -2.21.